The minimum Gasteiger partial charge on any atom is -0.353 e. The fourth-order valence-corrected chi connectivity index (χ4v) is 5.21. The van der Waals surface area contributed by atoms with Crippen LogP contribution < -0.4 is 5.32 Å². The Morgan fingerprint density at radius 2 is 1.79 bits per heavy atom. The van der Waals surface area contributed by atoms with E-state index in [1.807, 2.05) is 6.07 Å². The van der Waals surface area contributed by atoms with Crippen LogP contribution in [0.25, 0.3) is 0 Å². The van der Waals surface area contributed by atoms with Crippen molar-refractivity contribution in [2.45, 2.75) is 31.2 Å². The summed E-state index contributed by atoms with van der Waals surface area (Å²) in [6.07, 6.45) is 2.20. The summed E-state index contributed by atoms with van der Waals surface area (Å²) < 4.78 is 20.2. The Balaban J connectivity index is 1.37. The van der Waals surface area contributed by atoms with Gasteiger partial charge in [0.2, 0.25) is 5.91 Å². The Labute approximate surface area is 224 Å². The summed E-state index contributed by atoms with van der Waals surface area (Å²) in [5.74, 6) is -1.67. The summed E-state index contributed by atoms with van der Waals surface area (Å²) >= 11 is 6.23. The Bertz CT molecular complexity index is 1350. The molecule has 38 heavy (non-hydrogen) atoms. The molecule has 1 atom stereocenters. The van der Waals surface area contributed by atoms with Crippen LogP contribution in [0.5, 0.6) is 0 Å². The average Bonchev–Trinajstić information content (AvgIpc) is 3.30. The molecule has 1 aromatic heterocycles. The van der Waals surface area contributed by atoms with Crippen molar-refractivity contribution in [3.63, 3.8) is 0 Å². The van der Waals surface area contributed by atoms with Crippen molar-refractivity contribution >= 4 is 29.3 Å². The molecular weight excluding hydrogens is 511 g/mol. The van der Waals surface area contributed by atoms with Crippen LogP contribution >= 0.6 is 11.6 Å². The standard InChI is InChI=1S/C28H26ClFN4O4/c29-23-10-2-1-9-22(23)27(37)33-14-11-28(12-15-33)34(26(36)19-6-5-7-20(30)16-19)24(18-38-28)25(35)32-17-21-8-3-4-13-31-21/h1-10,13,16,24H,11-12,14-15,17-18H2,(H,32,35)/t24-/m0/s1. The van der Waals surface area contributed by atoms with Gasteiger partial charge in [0.15, 0.2) is 0 Å². The van der Waals surface area contributed by atoms with Crippen LogP contribution in [-0.4, -0.2) is 64.0 Å². The fraction of sp³-hybridized carbons (Fsp3) is 0.286. The van der Waals surface area contributed by atoms with Crippen LogP contribution in [-0.2, 0) is 16.1 Å². The first-order valence-electron chi connectivity index (χ1n) is 12.3. The Hall–Kier alpha value is -3.82. The Kier molecular flexibility index (Phi) is 7.40. The van der Waals surface area contributed by atoms with E-state index in [-0.39, 0.29) is 37.5 Å². The molecular formula is C28H26ClFN4O4. The highest BCUT2D eigenvalue weighted by atomic mass is 35.5. The number of pyridine rings is 1. The first-order valence-corrected chi connectivity index (χ1v) is 12.7. The molecule has 5 rings (SSSR count). The number of benzene rings is 2. The molecule has 0 bridgehead atoms. The molecule has 0 saturated carbocycles. The molecule has 196 valence electrons. The number of amides is 3. The van der Waals surface area contributed by atoms with E-state index in [2.05, 4.69) is 10.3 Å². The van der Waals surface area contributed by atoms with Gasteiger partial charge in [-0.05, 0) is 42.5 Å². The van der Waals surface area contributed by atoms with Crippen LogP contribution in [0.4, 0.5) is 4.39 Å². The molecule has 1 spiro atoms. The molecule has 0 unspecified atom stereocenters. The number of aromatic nitrogens is 1. The van der Waals surface area contributed by atoms with Gasteiger partial charge in [-0.1, -0.05) is 35.9 Å². The number of rotatable bonds is 5. The van der Waals surface area contributed by atoms with Gasteiger partial charge in [0.05, 0.1) is 29.4 Å². The van der Waals surface area contributed by atoms with E-state index in [1.165, 1.54) is 23.1 Å². The SMILES string of the molecule is O=C(NCc1ccccn1)[C@@H]1COC2(CCN(C(=O)c3ccccc3Cl)CC2)N1C(=O)c1cccc(F)c1. The minimum absolute atomic E-state index is 0.0203. The Morgan fingerprint density at radius 3 is 2.50 bits per heavy atom. The number of hydrogen-bond donors (Lipinski definition) is 1. The molecule has 2 saturated heterocycles. The molecule has 3 amide bonds. The number of likely N-dealkylation sites (tertiary alicyclic amines) is 1. The maximum Gasteiger partial charge on any atom is 0.256 e. The highest BCUT2D eigenvalue weighted by molar-refractivity contribution is 6.33. The molecule has 8 nitrogen and oxygen atoms in total. The molecule has 2 aliphatic rings. The van der Waals surface area contributed by atoms with Gasteiger partial charge < -0.3 is 15.0 Å². The highest BCUT2D eigenvalue weighted by Gasteiger charge is 2.54. The van der Waals surface area contributed by atoms with Crippen LogP contribution in [0, 0.1) is 5.82 Å². The van der Waals surface area contributed by atoms with E-state index < -0.39 is 29.4 Å². The van der Waals surface area contributed by atoms with Gasteiger partial charge in [-0.2, -0.15) is 0 Å². The lowest BCUT2D eigenvalue weighted by Crippen LogP contribution is -2.59. The predicted molar refractivity (Wildman–Crippen MR) is 138 cm³/mol. The number of nitrogens with zero attached hydrogens (tertiary/aromatic N) is 3. The summed E-state index contributed by atoms with van der Waals surface area (Å²) in [4.78, 5) is 47.4. The zero-order valence-corrected chi connectivity index (χ0v) is 21.2. The largest absolute Gasteiger partial charge is 0.353 e. The van der Waals surface area contributed by atoms with Crippen molar-refractivity contribution in [3.05, 3.63) is 101 Å². The lowest BCUT2D eigenvalue weighted by atomic mass is 9.96. The number of halogens is 2. The van der Waals surface area contributed by atoms with Crippen molar-refractivity contribution in [2.75, 3.05) is 19.7 Å². The van der Waals surface area contributed by atoms with E-state index >= 15 is 0 Å². The smallest absolute Gasteiger partial charge is 0.256 e. The van der Waals surface area contributed by atoms with Crippen LogP contribution in [0.3, 0.4) is 0 Å². The zero-order chi connectivity index (χ0) is 26.7. The topological polar surface area (TPSA) is 91.8 Å². The van der Waals surface area contributed by atoms with E-state index in [4.69, 9.17) is 16.3 Å². The summed E-state index contributed by atoms with van der Waals surface area (Å²) in [7, 11) is 0. The zero-order valence-electron chi connectivity index (χ0n) is 20.5. The van der Waals surface area contributed by atoms with E-state index in [1.54, 1.807) is 47.5 Å². The van der Waals surface area contributed by atoms with Crippen molar-refractivity contribution < 1.29 is 23.5 Å². The maximum absolute atomic E-state index is 14.0. The second-order valence-corrected chi connectivity index (χ2v) is 9.68. The minimum atomic E-state index is -1.12. The van der Waals surface area contributed by atoms with Crippen molar-refractivity contribution in [1.82, 2.24) is 20.1 Å². The lowest BCUT2D eigenvalue weighted by molar-refractivity contribution is -0.128. The Morgan fingerprint density at radius 1 is 1.03 bits per heavy atom. The second kappa shape index (κ2) is 10.9. The second-order valence-electron chi connectivity index (χ2n) is 9.27. The van der Waals surface area contributed by atoms with E-state index in [9.17, 15) is 18.8 Å². The highest BCUT2D eigenvalue weighted by Crippen LogP contribution is 2.39. The molecule has 0 radical (unpaired) electrons. The molecule has 2 aliphatic heterocycles. The van der Waals surface area contributed by atoms with Gasteiger partial charge in [-0.3, -0.25) is 24.3 Å². The number of ether oxygens (including phenoxy) is 1. The summed E-state index contributed by atoms with van der Waals surface area (Å²) in [5.41, 5.74) is 0.0704. The van der Waals surface area contributed by atoms with Crippen LogP contribution in [0.1, 0.15) is 39.3 Å². The maximum atomic E-state index is 14.0. The van der Waals surface area contributed by atoms with Crippen LogP contribution in [0.2, 0.25) is 5.02 Å². The van der Waals surface area contributed by atoms with Crippen molar-refractivity contribution in [3.8, 4) is 0 Å². The molecule has 0 aliphatic carbocycles. The number of nitrogens with one attached hydrogen (secondary N) is 1. The van der Waals surface area contributed by atoms with Gasteiger partial charge in [0.1, 0.15) is 17.6 Å². The quantitative estimate of drug-likeness (QED) is 0.537. The van der Waals surface area contributed by atoms with E-state index in [0.717, 1.165) is 6.07 Å². The lowest BCUT2D eigenvalue weighted by Gasteiger charge is -2.44. The molecule has 2 aromatic carbocycles. The van der Waals surface area contributed by atoms with Crippen LogP contribution in [0.15, 0.2) is 72.9 Å². The average molecular weight is 537 g/mol. The summed E-state index contributed by atoms with van der Waals surface area (Å²) in [6.45, 7) is 0.747. The molecule has 1 N–H and O–H groups in total. The number of piperidine rings is 1. The third-order valence-electron chi connectivity index (χ3n) is 6.96. The number of carbonyl (C=O) groups is 3. The van der Waals surface area contributed by atoms with Crippen molar-refractivity contribution in [1.29, 1.82) is 0 Å². The van der Waals surface area contributed by atoms with Gasteiger partial charge in [0.25, 0.3) is 11.8 Å². The van der Waals surface area contributed by atoms with E-state index in [0.29, 0.717) is 29.4 Å². The third-order valence-corrected chi connectivity index (χ3v) is 7.29. The first kappa shape index (κ1) is 25.8. The molecule has 3 aromatic rings. The van der Waals surface area contributed by atoms with Gasteiger partial charge in [-0.25, -0.2) is 4.39 Å². The molecule has 2 fully saturated rings. The molecule has 10 heteroatoms. The van der Waals surface area contributed by atoms with Gasteiger partial charge in [0, 0.05) is 37.7 Å². The molecule has 3 heterocycles. The van der Waals surface area contributed by atoms with Gasteiger partial charge in [-0.15, -0.1) is 0 Å². The number of carbonyl (C=O) groups excluding carboxylic acids is 3. The first-order chi connectivity index (χ1) is 18.4. The van der Waals surface area contributed by atoms with Crippen molar-refractivity contribution in [2.24, 2.45) is 0 Å². The predicted octanol–water partition coefficient (Wildman–Crippen LogP) is 3.66. The summed E-state index contributed by atoms with van der Waals surface area (Å²) in [5, 5.41) is 3.20. The fourth-order valence-electron chi connectivity index (χ4n) is 4.99. The number of hydrogen-bond acceptors (Lipinski definition) is 5. The summed E-state index contributed by atoms with van der Waals surface area (Å²) in [6, 6.07) is 16.6. The third kappa shape index (κ3) is 5.12. The van der Waals surface area contributed by atoms with Gasteiger partial charge >= 0.3 is 0 Å². The monoisotopic (exact) mass is 536 g/mol. The normalized spacial score (nSPS) is 18.4.